The summed E-state index contributed by atoms with van der Waals surface area (Å²) in [7, 11) is 3.63. The van der Waals surface area contributed by atoms with Crippen molar-refractivity contribution in [1.82, 2.24) is 9.80 Å². The lowest BCUT2D eigenvalue weighted by Crippen LogP contribution is -2.53. The zero-order valence-electron chi connectivity index (χ0n) is 11.4. The maximum Gasteiger partial charge on any atom is 0.417 e. The van der Waals surface area contributed by atoms with Crippen LogP contribution in [-0.4, -0.2) is 55.4 Å². The van der Waals surface area contributed by atoms with Crippen LogP contribution in [0.2, 0.25) is 0 Å². The van der Waals surface area contributed by atoms with Gasteiger partial charge in [0.15, 0.2) is 5.78 Å². The van der Waals surface area contributed by atoms with Crippen molar-refractivity contribution in [2.45, 2.75) is 12.2 Å². The number of halogens is 3. The first-order valence-corrected chi connectivity index (χ1v) is 6.40. The van der Waals surface area contributed by atoms with Gasteiger partial charge < -0.3 is 4.90 Å². The molecule has 1 aliphatic heterocycles. The van der Waals surface area contributed by atoms with Gasteiger partial charge in [-0.25, -0.2) is 0 Å². The van der Waals surface area contributed by atoms with Crippen molar-refractivity contribution in [2.75, 3.05) is 33.7 Å². The van der Waals surface area contributed by atoms with Gasteiger partial charge in [-0.1, -0.05) is 18.2 Å². The number of hydrogen-bond acceptors (Lipinski definition) is 3. The van der Waals surface area contributed by atoms with Gasteiger partial charge in [0.1, 0.15) is 0 Å². The quantitative estimate of drug-likeness (QED) is 0.778. The Morgan fingerprint density at radius 2 is 1.85 bits per heavy atom. The van der Waals surface area contributed by atoms with Gasteiger partial charge >= 0.3 is 6.18 Å². The summed E-state index contributed by atoms with van der Waals surface area (Å²) in [5.74, 6) is -0.466. The standard InChI is InChI=1S/C14H17F3N2O/c1-18-7-8-19(2)12(9-18)13(20)10-5-3-4-6-11(10)14(15,16)17/h3-6,12H,7-9H2,1-2H3. The third-order valence-corrected chi connectivity index (χ3v) is 3.65. The number of alkyl halides is 3. The molecule has 6 heteroatoms. The van der Waals surface area contributed by atoms with E-state index in [4.69, 9.17) is 0 Å². The third-order valence-electron chi connectivity index (χ3n) is 3.65. The number of carbonyl (C=O) groups is 1. The SMILES string of the molecule is CN1CCN(C)C(C(=O)c2ccccc2C(F)(F)F)C1. The van der Waals surface area contributed by atoms with Crippen LogP contribution in [0.4, 0.5) is 13.2 Å². The maximum absolute atomic E-state index is 13.0. The minimum Gasteiger partial charge on any atom is -0.303 e. The van der Waals surface area contributed by atoms with Crippen LogP contribution in [0.5, 0.6) is 0 Å². The van der Waals surface area contributed by atoms with Crippen LogP contribution in [0.3, 0.4) is 0 Å². The Balaban J connectivity index is 2.34. The summed E-state index contributed by atoms with van der Waals surface area (Å²) < 4.78 is 38.9. The third kappa shape index (κ3) is 3.02. The predicted molar refractivity (Wildman–Crippen MR) is 69.7 cm³/mol. The monoisotopic (exact) mass is 286 g/mol. The van der Waals surface area contributed by atoms with Crippen LogP contribution in [0.25, 0.3) is 0 Å². The molecule has 1 aromatic carbocycles. The molecule has 1 fully saturated rings. The summed E-state index contributed by atoms with van der Waals surface area (Å²) in [6.45, 7) is 1.92. The zero-order chi connectivity index (χ0) is 14.9. The molecule has 3 nitrogen and oxygen atoms in total. The van der Waals surface area contributed by atoms with Crippen LogP contribution >= 0.6 is 0 Å². The fourth-order valence-electron chi connectivity index (χ4n) is 2.42. The van der Waals surface area contributed by atoms with Gasteiger partial charge in [0.2, 0.25) is 0 Å². The molecule has 2 rings (SSSR count). The molecule has 0 aliphatic carbocycles. The maximum atomic E-state index is 13.0. The largest absolute Gasteiger partial charge is 0.417 e. The molecule has 0 spiro atoms. The van der Waals surface area contributed by atoms with E-state index >= 15 is 0 Å². The highest BCUT2D eigenvalue weighted by atomic mass is 19.4. The first kappa shape index (κ1) is 15.0. The lowest BCUT2D eigenvalue weighted by molar-refractivity contribution is -0.138. The second-order valence-corrected chi connectivity index (χ2v) is 5.17. The molecule has 0 radical (unpaired) electrons. The van der Waals surface area contributed by atoms with Gasteiger partial charge in [0.05, 0.1) is 11.6 Å². The molecular weight excluding hydrogens is 269 g/mol. The zero-order valence-corrected chi connectivity index (χ0v) is 11.4. The first-order valence-electron chi connectivity index (χ1n) is 6.40. The Morgan fingerprint density at radius 3 is 2.50 bits per heavy atom. The predicted octanol–water partition coefficient (Wildman–Crippen LogP) is 2.13. The van der Waals surface area contributed by atoms with Crippen molar-refractivity contribution < 1.29 is 18.0 Å². The molecule has 0 N–H and O–H groups in total. The molecule has 0 amide bonds. The first-order chi connectivity index (χ1) is 9.30. The van der Waals surface area contributed by atoms with E-state index in [1.165, 1.54) is 18.2 Å². The minimum atomic E-state index is -4.51. The number of nitrogens with zero attached hydrogens (tertiary/aromatic N) is 2. The Hall–Kier alpha value is -1.40. The highest BCUT2D eigenvalue weighted by molar-refractivity contribution is 6.01. The summed E-state index contributed by atoms with van der Waals surface area (Å²) in [6.07, 6.45) is -4.51. The number of ketones is 1. The van der Waals surface area contributed by atoms with Crippen molar-refractivity contribution in [3.63, 3.8) is 0 Å². The van der Waals surface area contributed by atoms with Gasteiger partial charge in [0, 0.05) is 25.2 Å². The molecule has 1 unspecified atom stereocenters. The molecular formula is C14H17F3N2O. The van der Waals surface area contributed by atoms with Crippen LogP contribution in [-0.2, 0) is 6.18 Å². The van der Waals surface area contributed by atoms with Crippen molar-refractivity contribution in [2.24, 2.45) is 0 Å². The highest BCUT2D eigenvalue weighted by Gasteiger charge is 2.38. The molecule has 1 aliphatic rings. The van der Waals surface area contributed by atoms with Crippen LogP contribution in [0, 0.1) is 0 Å². The Kier molecular flexibility index (Phi) is 4.15. The van der Waals surface area contributed by atoms with E-state index in [9.17, 15) is 18.0 Å². The van der Waals surface area contributed by atoms with Gasteiger partial charge in [0.25, 0.3) is 0 Å². The average Bonchev–Trinajstić information content (AvgIpc) is 2.40. The molecule has 1 saturated heterocycles. The molecule has 20 heavy (non-hydrogen) atoms. The van der Waals surface area contributed by atoms with Crippen molar-refractivity contribution in [3.8, 4) is 0 Å². The van der Waals surface area contributed by atoms with E-state index in [1.54, 1.807) is 7.05 Å². The number of rotatable bonds is 2. The number of carbonyl (C=O) groups excluding carboxylic acids is 1. The number of Topliss-reactive ketones (excluding diaryl/α,β-unsaturated/α-hetero) is 1. The van der Waals surface area contributed by atoms with E-state index in [1.807, 2.05) is 16.8 Å². The van der Waals surface area contributed by atoms with Gasteiger partial charge in [-0.05, 0) is 20.2 Å². The van der Waals surface area contributed by atoms with Crippen molar-refractivity contribution in [3.05, 3.63) is 35.4 Å². The van der Waals surface area contributed by atoms with Crippen LogP contribution in [0.1, 0.15) is 15.9 Å². The fourth-order valence-corrected chi connectivity index (χ4v) is 2.42. The summed E-state index contributed by atoms with van der Waals surface area (Å²) in [4.78, 5) is 16.2. The van der Waals surface area contributed by atoms with Gasteiger partial charge in [-0.15, -0.1) is 0 Å². The van der Waals surface area contributed by atoms with Crippen LogP contribution < -0.4 is 0 Å². The van der Waals surface area contributed by atoms with Crippen LogP contribution in [0.15, 0.2) is 24.3 Å². The molecule has 1 aromatic rings. The smallest absolute Gasteiger partial charge is 0.303 e. The summed E-state index contributed by atoms with van der Waals surface area (Å²) in [5, 5.41) is 0. The van der Waals surface area contributed by atoms with E-state index in [0.717, 1.165) is 12.6 Å². The number of piperazine rings is 1. The van der Waals surface area contributed by atoms with Gasteiger partial charge in [-0.3, -0.25) is 9.69 Å². The second-order valence-electron chi connectivity index (χ2n) is 5.17. The molecule has 110 valence electrons. The Labute approximate surface area is 116 Å². The van der Waals surface area contributed by atoms with Crippen molar-refractivity contribution in [1.29, 1.82) is 0 Å². The lowest BCUT2D eigenvalue weighted by Gasteiger charge is -2.37. The topological polar surface area (TPSA) is 23.6 Å². The highest BCUT2D eigenvalue weighted by Crippen LogP contribution is 2.32. The Morgan fingerprint density at radius 1 is 1.20 bits per heavy atom. The number of hydrogen-bond donors (Lipinski definition) is 0. The summed E-state index contributed by atoms with van der Waals surface area (Å²) in [5.41, 5.74) is -1.10. The normalized spacial score (nSPS) is 21.9. The number of likely N-dealkylation sites (N-methyl/N-ethyl adjacent to an activating group) is 2. The molecule has 0 bridgehead atoms. The summed E-state index contributed by atoms with van der Waals surface area (Å²) >= 11 is 0. The number of benzene rings is 1. The molecule has 0 saturated carbocycles. The Bertz CT molecular complexity index is 501. The molecule has 1 heterocycles. The van der Waals surface area contributed by atoms with E-state index in [0.29, 0.717) is 13.1 Å². The average molecular weight is 286 g/mol. The lowest BCUT2D eigenvalue weighted by atomic mass is 9.96. The van der Waals surface area contributed by atoms with E-state index in [-0.39, 0.29) is 5.56 Å². The molecule has 0 aromatic heterocycles. The minimum absolute atomic E-state index is 0.243. The van der Waals surface area contributed by atoms with E-state index < -0.39 is 23.6 Å². The van der Waals surface area contributed by atoms with E-state index in [2.05, 4.69) is 0 Å². The van der Waals surface area contributed by atoms with Gasteiger partial charge in [-0.2, -0.15) is 13.2 Å². The second kappa shape index (κ2) is 5.54. The molecule has 1 atom stereocenters. The fraction of sp³-hybridized carbons (Fsp3) is 0.500. The summed E-state index contributed by atoms with van der Waals surface area (Å²) in [6, 6.07) is 4.45. The van der Waals surface area contributed by atoms with Crippen molar-refractivity contribution >= 4 is 5.78 Å².